The molecule has 1 aliphatic rings. The van der Waals surface area contributed by atoms with Gasteiger partial charge in [0.2, 0.25) is 0 Å². The van der Waals surface area contributed by atoms with Crippen LogP contribution in [0.5, 0.6) is 0 Å². The highest BCUT2D eigenvalue weighted by Gasteiger charge is 2.18. The maximum atomic E-state index is 12.5. The Hall–Kier alpha value is -3.28. The molecule has 1 aliphatic heterocycles. The molecule has 0 aliphatic carbocycles. The van der Waals surface area contributed by atoms with Gasteiger partial charge in [-0.2, -0.15) is 0 Å². The Labute approximate surface area is 183 Å². The first-order chi connectivity index (χ1) is 15.1. The number of para-hydroxylation sites is 2. The number of hydrogen-bond donors (Lipinski definition) is 4. The molecule has 31 heavy (non-hydrogen) atoms. The largest absolute Gasteiger partial charge is 0.397 e. The van der Waals surface area contributed by atoms with E-state index >= 15 is 0 Å². The first kappa shape index (κ1) is 21.0. The number of rotatable bonds is 7. The van der Waals surface area contributed by atoms with Crippen molar-refractivity contribution in [3.8, 4) is 0 Å². The SMILES string of the molecule is Nc1ccccc1NC(=O)c1cnc(Nc2cc(N3CCN(CCO)CC3)ncn2)s1. The van der Waals surface area contributed by atoms with Gasteiger partial charge in [0.15, 0.2) is 5.13 Å². The molecule has 0 unspecified atom stereocenters. The number of carbonyl (C=O) groups excluding carboxylic acids is 1. The molecule has 4 rings (SSSR count). The fourth-order valence-corrected chi connectivity index (χ4v) is 3.99. The van der Waals surface area contributed by atoms with Crippen molar-refractivity contribution in [2.45, 2.75) is 0 Å². The lowest BCUT2D eigenvalue weighted by atomic mass is 10.2. The van der Waals surface area contributed by atoms with Crippen molar-refractivity contribution in [2.24, 2.45) is 0 Å². The third-order valence-corrected chi connectivity index (χ3v) is 5.85. The molecular formula is C20H24N8O2S. The molecule has 1 fully saturated rings. The number of thiazole rings is 1. The van der Waals surface area contributed by atoms with Crippen molar-refractivity contribution in [3.63, 3.8) is 0 Å². The van der Waals surface area contributed by atoms with Gasteiger partial charge >= 0.3 is 0 Å². The summed E-state index contributed by atoms with van der Waals surface area (Å²) in [5, 5.41) is 15.6. The molecular weight excluding hydrogens is 416 g/mol. The number of benzene rings is 1. The zero-order valence-electron chi connectivity index (χ0n) is 16.9. The maximum absolute atomic E-state index is 12.5. The minimum atomic E-state index is -0.271. The van der Waals surface area contributed by atoms with E-state index in [1.165, 1.54) is 23.9 Å². The summed E-state index contributed by atoms with van der Waals surface area (Å²) in [6.07, 6.45) is 3.03. The van der Waals surface area contributed by atoms with Gasteiger partial charge in [0.25, 0.3) is 5.91 Å². The van der Waals surface area contributed by atoms with E-state index in [0.717, 1.165) is 32.0 Å². The zero-order valence-corrected chi connectivity index (χ0v) is 17.7. The fourth-order valence-electron chi connectivity index (χ4n) is 3.27. The third-order valence-electron chi connectivity index (χ3n) is 4.94. The van der Waals surface area contributed by atoms with Crippen LogP contribution in [0.15, 0.2) is 42.9 Å². The normalized spacial score (nSPS) is 14.4. The number of nitrogen functional groups attached to an aromatic ring is 1. The van der Waals surface area contributed by atoms with Crippen molar-refractivity contribution in [2.75, 3.05) is 60.6 Å². The van der Waals surface area contributed by atoms with E-state index in [-0.39, 0.29) is 12.5 Å². The Bertz CT molecular complexity index is 1040. The quantitative estimate of drug-likeness (QED) is 0.405. The topological polar surface area (TPSA) is 133 Å². The minimum absolute atomic E-state index is 0.175. The number of aliphatic hydroxyl groups is 1. The van der Waals surface area contributed by atoms with Gasteiger partial charge in [-0.3, -0.25) is 9.69 Å². The van der Waals surface area contributed by atoms with Crippen LogP contribution >= 0.6 is 11.3 Å². The summed E-state index contributed by atoms with van der Waals surface area (Å²) in [7, 11) is 0. The molecule has 0 atom stereocenters. The van der Waals surface area contributed by atoms with Crippen molar-refractivity contribution in [3.05, 3.63) is 47.7 Å². The van der Waals surface area contributed by atoms with Gasteiger partial charge in [0.05, 0.1) is 24.2 Å². The Morgan fingerprint density at radius 1 is 1.16 bits per heavy atom. The summed E-state index contributed by atoms with van der Waals surface area (Å²) in [5.74, 6) is 1.17. The van der Waals surface area contributed by atoms with Crippen LogP contribution in [-0.2, 0) is 0 Å². The average Bonchev–Trinajstić information content (AvgIpc) is 3.25. The molecule has 1 amide bonds. The lowest BCUT2D eigenvalue weighted by Crippen LogP contribution is -2.47. The van der Waals surface area contributed by atoms with Crippen LogP contribution in [0.3, 0.4) is 0 Å². The number of nitrogens with one attached hydrogen (secondary N) is 2. The van der Waals surface area contributed by atoms with Gasteiger partial charge in [-0.05, 0) is 12.1 Å². The van der Waals surface area contributed by atoms with Gasteiger partial charge < -0.3 is 26.4 Å². The van der Waals surface area contributed by atoms with Gasteiger partial charge in [-0.25, -0.2) is 15.0 Å². The highest BCUT2D eigenvalue weighted by molar-refractivity contribution is 7.17. The number of aliphatic hydroxyl groups excluding tert-OH is 1. The van der Waals surface area contributed by atoms with Crippen LogP contribution in [0.4, 0.5) is 28.1 Å². The van der Waals surface area contributed by atoms with E-state index in [2.05, 4.69) is 35.4 Å². The Morgan fingerprint density at radius 3 is 2.74 bits per heavy atom. The van der Waals surface area contributed by atoms with Crippen molar-refractivity contribution >= 4 is 45.4 Å². The number of anilines is 5. The number of carbonyl (C=O) groups is 1. The molecule has 162 valence electrons. The second-order valence-electron chi connectivity index (χ2n) is 7.01. The lowest BCUT2D eigenvalue weighted by Gasteiger charge is -2.35. The van der Waals surface area contributed by atoms with Crippen molar-refractivity contribution in [1.29, 1.82) is 0 Å². The first-order valence-electron chi connectivity index (χ1n) is 9.91. The predicted molar refractivity (Wildman–Crippen MR) is 122 cm³/mol. The molecule has 3 aromatic rings. The van der Waals surface area contributed by atoms with E-state index < -0.39 is 0 Å². The average molecular weight is 441 g/mol. The van der Waals surface area contributed by atoms with Gasteiger partial charge in [0.1, 0.15) is 22.8 Å². The standard InChI is InChI=1S/C20H24N8O2S/c21-14-3-1-2-4-15(14)25-19(30)16-12-22-20(31-16)26-17-11-18(24-13-23-17)28-7-5-27(6-8-28)9-10-29/h1-4,11-13,29H,5-10,21H2,(H,25,30)(H,22,23,24,26). The third kappa shape index (κ3) is 5.26. The van der Waals surface area contributed by atoms with Crippen LogP contribution in [0, 0.1) is 0 Å². The summed E-state index contributed by atoms with van der Waals surface area (Å²) < 4.78 is 0. The molecule has 0 saturated carbocycles. The highest BCUT2D eigenvalue weighted by atomic mass is 32.1. The molecule has 0 radical (unpaired) electrons. The monoisotopic (exact) mass is 440 g/mol. The Balaban J connectivity index is 1.38. The van der Waals surface area contributed by atoms with Crippen molar-refractivity contribution in [1.82, 2.24) is 19.9 Å². The number of β-amino-alcohol motifs (C(OH)–C–C–N with tert-alkyl or cyclic N) is 1. The smallest absolute Gasteiger partial charge is 0.267 e. The number of aromatic nitrogens is 3. The predicted octanol–water partition coefficient (Wildman–Crippen LogP) is 1.63. The van der Waals surface area contributed by atoms with E-state index in [1.54, 1.807) is 12.1 Å². The van der Waals surface area contributed by atoms with E-state index in [0.29, 0.717) is 33.7 Å². The zero-order chi connectivity index (χ0) is 21.6. The second-order valence-corrected chi connectivity index (χ2v) is 8.04. The number of nitrogens with zero attached hydrogens (tertiary/aromatic N) is 5. The summed E-state index contributed by atoms with van der Waals surface area (Å²) in [6, 6.07) is 8.97. The van der Waals surface area contributed by atoms with Gasteiger partial charge in [-0.1, -0.05) is 23.5 Å². The number of nitrogens with two attached hydrogens (primary N) is 1. The molecule has 5 N–H and O–H groups in total. The molecule has 0 spiro atoms. The minimum Gasteiger partial charge on any atom is -0.397 e. The molecule has 0 bridgehead atoms. The summed E-state index contributed by atoms with van der Waals surface area (Å²) in [4.78, 5) is 30.3. The van der Waals surface area contributed by atoms with E-state index in [4.69, 9.17) is 10.8 Å². The van der Waals surface area contributed by atoms with Crippen LogP contribution < -0.4 is 21.3 Å². The Morgan fingerprint density at radius 2 is 1.97 bits per heavy atom. The first-order valence-corrected chi connectivity index (χ1v) is 10.7. The van der Waals surface area contributed by atoms with Crippen LogP contribution in [0.2, 0.25) is 0 Å². The molecule has 10 nitrogen and oxygen atoms in total. The maximum Gasteiger partial charge on any atom is 0.267 e. The summed E-state index contributed by atoms with van der Waals surface area (Å²) in [5.41, 5.74) is 6.95. The van der Waals surface area contributed by atoms with E-state index in [9.17, 15) is 4.79 Å². The molecule has 1 aromatic carbocycles. The lowest BCUT2D eigenvalue weighted by molar-refractivity contribution is 0.103. The molecule has 11 heteroatoms. The van der Waals surface area contributed by atoms with Gasteiger partial charge in [0, 0.05) is 38.8 Å². The highest BCUT2D eigenvalue weighted by Crippen LogP contribution is 2.25. The van der Waals surface area contributed by atoms with Gasteiger partial charge in [-0.15, -0.1) is 0 Å². The van der Waals surface area contributed by atoms with Crippen molar-refractivity contribution < 1.29 is 9.90 Å². The molecule has 2 aromatic heterocycles. The number of amides is 1. The second kappa shape index (κ2) is 9.69. The summed E-state index contributed by atoms with van der Waals surface area (Å²) in [6.45, 7) is 4.30. The van der Waals surface area contributed by atoms with Crippen LogP contribution in [0.25, 0.3) is 0 Å². The fraction of sp³-hybridized carbons (Fsp3) is 0.300. The van der Waals surface area contributed by atoms with Crippen LogP contribution in [-0.4, -0.2) is 70.2 Å². The Kier molecular flexibility index (Phi) is 6.55. The number of piperazine rings is 1. The summed E-state index contributed by atoms with van der Waals surface area (Å²) >= 11 is 1.23. The van der Waals surface area contributed by atoms with E-state index in [1.807, 2.05) is 18.2 Å². The molecule has 1 saturated heterocycles. The number of hydrogen-bond acceptors (Lipinski definition) is 10. The van der Waals surface area contributed by atoms with Crippen LogP contribution in [0.1, 0.15) is 9.67 Å². The molecule has 3 heterocycles.